The van der Waals surface area contributed by atoms with E-state index in [1.54, 1.807) is 19.2 Å². The molecule has 1 unspecified atom stereocenters. The van der Waals surface area contributed by atoms with Crippen LogP contribution in [0.3, 0.4) is 0 Å². The minimum atomic E-state index is -2.61. The Hall–Kier alpha value is -1.71. The van der Waals surface area contributed by atoms with Crippen LogP contribution in [0, 0.1) is 6.92 Å². The van der Waals surface area contributed by atoms with Gasteiger partial charge in [-0.25, -0.2) is 0 Å². The van der Waals surface area contributed by atoms with Crippen molar-refractivity contribution in [2.45, 2.75) is 26.2 Å². The number of carbonyl (C=O) groups excluding carboxylic acids is 2. The summed E-state index contributed by atoms with van der Waals surface area (Å²) in [7, 11) is -1.02. The standard InChI is InChI=1S/C15H21N3O4S2/c1-4-9-18(15(20)23-16-3)14(19)13(10-17-24(21)22)12-7-5-11(2)6-8-12/h5-8,13,16H,4,9-10H2,1-3H3. The largest absolute Gasteiger partial charge is 0.311 e. The molecule has 1 aromatic carbocycles. The van der Waals surface area contributed by atoms with Crippen LogP contribution in [-0.2, 0) is 15.3 Å². The number of carbonyl (C=O) groups is 2. The fourth-order valence-electron chi connectivity index (χ4n) is 2.11. The van der Waals surface area contributed by atoms with Crippen molar-refractivity contribution >= 4 is 33.6 Å². The van der Waals surface area contributed by atoms with E-state index in [0.29, 0.717) is 12.0 Å². The average molecular weight is 371 g/mol. The van der Waals surface area contributed by atoms with E-state index < -0.39 is 27.6 Å². The van der Waals surface area contributed by atoms with Crippen LogP contribution in [0.2, 0.25) is 0 Å². The van der Waals surface area contributed by atoms with E-state index in [1.807, 2.05) is 26.0 Å². The second-order valence-corrected chi connectivity index (χ2v) is 6.71. The van der Waals surface area contributed by atoms with E-state index in [2.05, 4.69) is 9.08 Å². The number of amides is 2. The van der Waals surface area contributed by atoms with Crippen LogP contribution in [-0.4, -0.2) is 44.6 Å². The molecule has 1 rings (SSSR count). The molecule has 0 aliphatic heterocycles. The van der Waals surface area contributed by atoms with Gasteiger partial charge in [0.25, 0.3) is 0 Å². The Morgan fingerprint density at radius 3 is 2.42 bits per heavy atom. The topological polar surface area (TPSA) is 95.9 Å². The van der Waals surface area contributed by atoms with Gasteiger partial charge in [0.1, 0.15) is 0 Å². The molecule has 0 bridgehead atoms. The third-order valence-corrected chi connectivity index (χ3v) is 4.22. The van der Waals surface area contributed by atoms with E-state index in [4.69, 9.17) is 0 Å². The average Bonchev–Trinajstić information content (AvgIpc) is 2.54. The summed E-state index contributed by atoms with van der Waals surface area (Å²) in [4.78, 5) is 26.1. The van der Waals surface area contributed by atoms with Crippen LogP contribution in [0.25, 0.3) is 0 Å². The maximum Gasteiger partial charge on any atom is 0.311 e. The summed E-state index contributed by atoms with van der Waals surface area (Å²) in [6.45, 7) is 3.80. The Balaban J connectivity index is 3.19. The molecule has 1 N–H and O–H groups in total. The monoisotopic (exact) mass is 371 g/mol. The highest BCUT2D eigenvalue weighted by Crippen LogP contribution is 2.22. The molecule has 7 nitrogen and oxygen atoms in total. The van der Waals surface area contributed by atoms with Crippen molar-refractivity contribution in [1.82, 2.24) is 9.62 Å². The zero-order valence-corrected chi connectivity index (χ0v) is 15.5. The summed E-state index contributed by atoms with van der Waals surface area (Å²) in [6, 6.07) is 7.16. The van der Waals surface area contributed by atoms with Crippen molar-refractivity contribution in [1.29, 1.82) is 0 Å². The van der Waals surface area contributed by atoms with Gasteiger partial charge in [0.05, 0.1) is 12.5 Å². The predicted molar refractivity (Wildman–Crippen MR) is 94.2 cm³/mol. The first kappa shape index (κ1) is 20.3. The Bertz CT molecular complexity index is 694. The lowest BCUT2D eigenvalue weighted by molar-refractivity contribution is -0.129. The highest BCUT2D eigenvalue weighted by molar-refractivity contribution is 8.11. The smallest absolute Gasteiger partial charge is 0.274 e. The number of aryl methyl sites for hydroxylation is 1. The van der Waals surface area contributed by atoms with E-state index in [1.165, 1.54) is 0 Å². The summed E-state index contributed by atoms with van der Waals surface area (Å²) in [5, 5.41) is -0.426. The fourth-order valence-corrected chi connectivity index (χ4v) is 2.84. The maximum atomic E-state index is 12.9. The lowest BCUT2D eigenvalue weighted by atomic mass is 9.97. The van der Waals surface area contributed by atoms with E-state index in [9.17, 15) is 18.0 Å². The molecule has 0 spiro atoms. The van der Waals surface area contributed by atoms with Crippen molar-refractivity contribution in [3.63, 3.8) is 0 Å². The molecule has 9 heteroatoms. The van der Waals surface area contributed by atoms with Crippen molar-refractivity contribution in [2.75, 3.05) is 20.1 Å². The number of nitrogens with one attached hydrogen (secondary N) is 1. The van der Waals surface area contributed by atoms with Gasteiger partial charge in [-0.3, -0.25) is 19.2 Å². The number of imide groups is 1. The SMILES string of the molecule is CCCN(C(=O)SNC)C(=O)C(CN=S(=O)=O)c1ccc(C)cc1. The van der Waals surface area contributed by atoms with E-state index in [-0.39, 0.29) is 13.1 Å². The molecule has 1 aromatic rings. The number of benzene rings is 1. The van der Waals surface area contributed by atoms with Crippen molar-refractivity contribution < 1.29 is 18.0 Å². The fraction of sp³-hybridized carbons (Fsp3) is 0.467. The first-order valence-electron chi connectivity index (χ1n) is 7.43. The van der Waals surface area contributed by atoms with Gasteiger partial charge in [0, 0.05) is 18.5 Å². The Kier molecular flexibility index (Phi) is 8.66. The Morgan fingerprint density at radius 1 is 1.29 bits per heavy atom. The molecule has 1 atom stereocenters. The van der Waals surface area contributed by atoms with Crippen LogP contribution in [0.5, 0.6) is 0 Å². The minimum absolute atomic E-state index is 0.226. The van der Waals surface area contributed by atoms with Crippen LogP contribution < -0.4 is 4.72 Å². The number of nitrogens with zero attached hydrogens (tertiary/aromatic N) is 2. The summed E-state index contributed by atoms with van der Waals surface area (Å²) >= 11 is 0.811. The highest BCUT2D eigenvalue weighted by Gasteiger charge is 2.29. The molecule has 2 amide bonds. The van der Waals surface area contributed by atoms with Gasteiger partial charge in [-0.2, -0.15) is 12.8 Å². The van der Waals surface area contributed by atoms with Crippen molar-refractivity contribution in [2.24, 2.45) is 4.36 Å². The first-order chi connectivity index (χ1) is 11.4. The second-order valence-electron chi connectivity index (χ2n) is 5.05. The quantitative estimate of drug-likeness (QED) is 0.739. The highest BCUT2D eigenvalue weighted by atomic mass is 32.2. The van der Waals surface area contributed by atoms with Crippen molar-refractivity contribution in [3.8, 4) is 0 Å². The third-order valence-electron chi connectivity index (χ3n) is 3.26. The summed E-state index contributed by atoms with van der Waals surface area (Å²) < 4.78 is 27.6. The molecule has 0 aromatic heterocycles. The normalized spacial score (nSPS) is 11.6. The van der Waals surface area contributed by atoms with Gasteiger partial charge < -0.3 is 0 Å². The summed E-state index contributed by atoms with van der Waals surface area (Å²) in [5.74, 6) is -1.28. The molecule has 0 saturated heterocycles. The molecular formula is C15H21N3O4S2. The van der Waals surface area contributed by atoms with Crippen molar-refractivity contribution in [3.05, 3.63) is 35.4 Å². The number of hydrogen-bond donors (Lipinski definition) is 1. The lowest BCUT2D eigenvalue weighted by Gasteiger charge is -2.24. The van der Waals surface area contributed by atoms with Crippen LogP contribution in [0.1, 0.15) is 30.4 Å². The van der Waals surface area contributed by atoms with Gasteiger partial charge >= 0.3 is 15.7 Å². The molecule has 0 aliphatic rings. The summed E-state index contributed by atoms with van der Waals surface area (Å²) in [5.41, 5.74) is 1.64. The van der Waals surface area contributed by atoms with Crippen LogP contribution >= 0.6 is 11.9 Å². The zero-order valence-electron chi connectivity index (χ0n) is 13.9. The molecule has 0 radical (unpaired) electrons. The molecule has 0 heterocycles. The minimum Gasteiger partial charge on any atom is -0.274 e. The van der Waals surface area contributed by atoms with Gasteiger partial charge in [-0.05, 0) is 26.0 Å². The van der Waals surface area contributed by atoms with Crippen LogP contribution in [0.4, 0.5) is 4.79 Å². The number of rotatable bonds is 7. The zero-order chi connectivity index (χ0) is 18.1. The Morgan fingerprint density at radius 2 is 1.92 bits per heavy atom. The Labute approximate surface area is 147 Å². The predicted octanol–water partition coefficient (Wildman–Crippen LogP) is 2.37. The van der Waals surface area contributed by atoms with Gasteiger partial charge in [-0.1, -0.05) is 36.8 Å². The summed E-state index contributed by atoms with van der Waals surface area (Å²) in [6.07, 6.45) is 0.604. The van der Waals surface area contributed by atoms with Gasteiger partial charge in [0.2, 0.25) is 5.91 Å². The number of hydrogen-bond acceptors (Lipinski definition) is 7. The molecule has 132 valence electrons. The van der Waals surface area contributed by atoms with E-state index >= 15 is 0 Å². The molecule has 0 saturated carbocycles. The second kappa shape index (κ2) is 10.2. The lowest BCUT2D eigenvalue weighted by Crippen LogP contribution is -2.40. The maximum absolute atomic E-state index is 12.9. The van der Waals surface area contributed by atoms with Crippen LogP contribution in [0.15, 0.2) is 28.6 Å². The molecule has 0 fully saturated rings. The molecule has 0 aliphatic carbocycles. The molecule has 24 heavy (non-hydrogen) atoms. The third kappa shape index (κ3) is 6.06. The van der Waals surface area contributed by atoms with Gasteiger partial charge in [-0.15, -0.1) is 0 Å². The first-order valence-corrected chi connectivity index (χ1v) is 9.27. The van der Waals surface area contributed by atoms with E-state index in [0.717, 1.165) is 22.4 Å². The molecular weight excluding hydrogens is 350 g/mol. The van der Waals surface area contributed by atoms with Gasteiger partial charge in [0.15, 0.2) is 0 Å².